The Morgan fingerprint density at radius 1 is 0.433 bits per heavy atom. The van der Waals surface area contributed by atoms with E-state index in [4.69, 9.17) is 14.2 Å². The van der Waals surface area contributed by atoms with Crippen molar-refractivity contribution in [2.75, 3.05) is 13.2 Å². The lowest BCUT2D eigenvalue weighted by Gasteiger charge is -2.41. The predicted octanol–water partition coefficient (Wildman–Crippen LogP) is 20.0. The van der Waals surface area contributed by atoms with Crippen LogP contribution in [0.25, 0.3) is 0 Å². The molecule has 8 atom stereocenters. The monoisotopic (exact) mass is 1260 g/mol. The third kappa shape index (κ3) is 52.2. The second kappa shape index (κ2) is 65.9. The molecule has 1 aliphatic heterocycles. The molecule has 1 rings (SSSR count). The number of aliphatic hydroxyl groups excluding tert-OH is 5. The lowest BCUT2D eigenvalue weighted by atomic mass is 9.99. The molecule has 0 aliphatic carbocycles. The van der Waals surface area contributed by atoms with Crippen molar-refractivity contribution in [2.24, 2.45) is 0 Å². The zero-order valence-corrected chi connectivity index (χ0v) is 58.2. The van der Waals surface area contributed by atoms with E-state index in [-0.39, 0.29) is 19.4 Å². The van der Waals surface area contributed by atoms with E-state index in [9.17, 15) is 35.1 Å². The van der Waals surface area contributed by atoms with E-state index in [1.807, 2.05) is 6.08 Å². The second-order valence-corrected chi connectivity index (χ2v) is 26.0. The number of carbonyl (C=O) groups is 2. The summed E-state index contributed by atoms with van der Waals surface area (Å²) in [7, 11) is 0. The van der Waals surface area contributed by atoms with Crippen LogP contribution < -0.4 is 5.32 Å². The van der Waals surface area contributed by atoms with Crippen molar-refractivity contribution in [2.45, 2.75) is 391 Å². The smallest absolute Gasteiger partial charge is 0.306 e. The van der Waals surface area contributed by atoms with Gasteiger partial charge in [-0.1, -0.05) is 318 Å². The molecule has 0 aromatic rings. The Hall–Kier alpha value is -3.16. The topological polar surface area (TPSA) is 175 Å². The van der Waals surface area contributed by atoms with Crippen LogP contribution in [-0.2, 0) is 23.8 Å². The summed E-state index contributed by atoms with van der Waals surface area (Å²) in [6.45, 7) is 5.77. The zero-order valence-electron chi connectivity index (χ0n) is 58.2. The number of rotatable bonds is 65. The molecule has 1 amide bonds. The average Bonchev–Trinajstić information content (AvgIpc) is 3.71. The van der Waals surface area contributed by atoms with Crippen LogP contribution in [0.3, 0.4) is 0 Å². The van der Waals surface area contributed by atoms with Gasteiger partial charge in [-0.15, -0.1) is 0 Å². The molecule has 0 spiro atoms. The van der Waals surface area contributed by atoms with Gasteiger partial charge in [-0.3, -0.25) is 9.59 Å². The molecule has 90 heavy (non-hydrogen) atoms. The van der Waals surface area contributed by atoms with Crippen LogP contribution in [0.4, 0.5) is 0 Å². The SMILES string of the molecule is CCCCC/C=C\C/C=C\C/C=C\CCCCCCCCCCCCCCCCC(=O)OC1C(OCC(NC(=O)C(O)CCCCCCCCCCC/C=C\C/C=C\C/C=C\CCCCC)C(O)/C=C/CCCCCCCCCCCC)OC(CO)C(O)C1O. The van der Waals surface area contributed by atoms with Crippen molar-refractivity contribution >= 4 is 11.9 Å². The summed E-state index contributed by atoms with van der Waals surface area (Å²) in [6, 6.07) is -1.03. The predicted molar refractivity (Wildman–Crippen MR) is 379 cm³/mol. The summed E-state index contributed by atoms with van der Waals surface area (Å²) in [5.41, 5.74) is 0. The van der Waals surface area contributed by atoms with Gasteiger partial charge in [0, 0.05) is 6.42 Å². The van der Waals surface area contributed by atoms with Gasteiger partial charge in [-0.25, -0.2) is 0 Å². The van der Waals surface area contributed by atoms with E-state index in [0.29, 0.717) is 12.8 Å². The van der Waals surface area contributed by atoms with E-state index < -0.39 is 67.4 Å². The number of unbranched alkanes of at least 4 members (excludes halogenated alkanes) is 39. The molecule has 8 unspecified atom stereocenters. The van der Waals surface area contributed by atoms with Crippen LogP contribution in [0.15, 0.2) is 85.1 Å². The van der Waals surface area contributed by atoms with E-state index >= 15 is 0 Å². The lowest BCUT2D eigenvalue weighted by molar-refractivity contribution is -0.305. The minimum atomic E-state index is -1.62. The quantitative estimate of drug-likeness (QED) is 0.0195. The third-order valence-corrected chi connectivity index (χ3v) is 17.5. The summed E-state index contributed by atoms with van der Waals surface area (Å²) in [5.74, 6) is -1.19. The fraction of sp³-hybridized carbons (Fsp3) is 0.797. The first kappa shape index (κ1) is 84.9. The molecule has 0 bridgehead atoms. The normalized spacial score (nSPS) is 18.5. The van der Waals surface area contributed by atoms with Gasteiger partial charge in [0.2, 0.25) is 5.91 Å². The molecule has 0 saturated carbocycles. The van der Waals surface area contributed by atoms with Crippen LogP contribution in [0.2, 0.25) is 0 Å². The number of allylic oxidation sites excluding steroid dienone is 13. The number of aliphatic hydroxyl groups is 5. The molecule has 1 heterocycles. The Morgan fingerprint density at radius 2 is 0.767 bits per heavy atom. The highest BCUT2D eigenvalue weighted by Gasteiger charge is 2.47. The molecule has 1 saturated heterocycles. The van der Waals surface area contributed by atoms with Gasteiger partial charge in [-0.2, -0.15) is 0 Å². The molecule has 1 aliphatic rings. The highest BCUT2D eigenvalue weighted by atomic mass is 16.7. The summed E-state index contributed by atoms with van der Waals surface area (Å²) < 4.78 is 17.7. The highest BCUT2D eigenvalue weighted by molar-refractivity contribution is 5.80. The van der Waals surface area contributed by atoms with Crippen molar-refractivity contribution in [3.8, 4) is 0 Å². The minimum Gasteiger partial charge on any atom is -0.454 e. The molecule has 1 fully saturated rings. The first-order valence-corrected chi connectivity index (χ1v) is 37.9. The molecule has 11 heteroatoms. The Kier molecular flexibility index (Phi) is 62.1. The Bertz CT molecular complexity index is 1790. The van der Waals surface area contributed by atoms with Gasteiger partial charge >= 0.3 is 5.97 Å². The van der Waals surface area contributed by atoms with Crippen LogP contribution in [0, 0.1) is 0 Å². The van der Waals surface area contributed by atoms with Gasteiger partial charge in [0.1, 0.15) is 24.4 Å². The maximum Gasteiger partial charge on any atom is 0.306 e. The number of hydrogen-bond donors (Lipinski definition) is 6. The third-order valence-electron chi connectivity index (χ3n) is 17.5. The fourth-order valence-corrected chi connectivity index (χ4v) is 11.6. The number of amides is 1. The van der Waals surface area contributed by atoms with Crippen molar-refractivity contribution in [3.05, 3.63) is 85.1 Å². The van der Waals surface area contributed by atoms with E-state index in [0.717, 1.165) is 89.9 Å². The first-order chi connectivity index (χ1) is 44.2. The molecule has 0 aromatic carbocycles. The number of nitrogens with one attached hydrogen (secondary N) is 1. The van der Waals surface area contributed by atoms with E-state index in [1.165, 1.54) is 205 Å². The van der Waals surface area contributed by atoms with Gasteiger partial charge < -0.3 is 45.1 Å². The van der Waals surface area contributed by atoms with E-state index in [2.05, 4.69) is 99.0 Å². The molecular weight excluding hydrogens is 1120 g/mol. The number of carbonyl (C=O) groups excluding carboxylic acids is 2. The zero-order chi connectivity index (χ0) is 65.3. The van der Waals surface area contributed by atoms with Gasteiger partial charge in [-0.05, 0) is 103 Å². The van der Waals surface area contributed by atoms with Crippen molar-refractivity contribution in [1.29, 1.82) is 0 Å². The molecule has 522 valence electrons. The number of hydrogen-bond acceptors (Lipinski definition) is 10. The highest BCUT2D eigenvalue weighted by Crippen LogP contribution is 2.26. The molecule has 6 N–H and O–H groups in total. The first-order valence-electron chi connectivity index (χ1n) is 37.9. The van der Waals surface area contributed by atoms with Crippen LogP contribution >= 0.6 is 0 Å². The Balaban J connectivity index is 2.53. The Labute approximate surface area is 553 Å². The lowest BCUT2D eigenvalue weighted by Crippen LogP contribution is -2.61. The minimum absolute atomic E-state index is 0.121. The van der Waals surface area contributed by atoms with Crippen molar-refractivity contribution < 1.29 is 49.3 Å². The average molecular weight is 1260 g/mol. The fourth-order valence-electron chi connectivity index (χ4n) is 11.6. The van der Waals surface area contributed by atoms with Crippen molar-refractivity contribution in [3.63, 3.8) is 0 Å². The second-order valence-electron chi connectivity index (χ2n) is 26.0. The van der Waals surface area contributed by atoms with Gasteiger partial charge in [0.15, 0.2) is 12.4 Å². The molecule has 0 aromatic heterocycles. The van der Waals surface area contributed by atoms with Crippen LogP contribution in [0.1, 0.15) is 342 Å². The maximum absolute atomic E-state index is 13.5. The molecular formula is C79H141NO10. The summed E-state index contributed by atoms with van der Waals surface area (Å²) in [5, 5.41) is 57.3. The molecule has 11 nitrogen and oxygen atoms in total. The summed E-state index contributed by atoms with van der Waals surface area (Å²) in [6.07, 6.45) is 77.6. The standard InChI is InChI=1S/C79H141NO10/c1-4-7-10-13-16-19-22-25-27-29-31-33-35-36-37-38-39-41-43-45-47-49-52-55-58-61-64-67-74(84)90-77-76(86)75(85)73(68-81)89-79(77)88-69-70(71(82)65-62-59-56-53-50-24-21-18-15-12-9-6-3)80-78(87)72(83)66-63-60-57-54-51-48-46-44-42-40-34-32-30-28-26-23-20-17-14-11-8-5-2/h16-17,19-20,25-28,31-34,62,65,70-73,75-77,79,81-83,85-86H,4-15,18,21-24,29-30,35-61,63-64,66-69H2,1-3H3,(H,80,87)/b19-16-,20-17-,27-25-,28-26-,33-31-,34-32-,65-62+. The van der Waals surface area contributed by atoms with Crippen LogP contribution in [0.5, 0.6) is 0 Å². The van der Waals surface area contributed by atoms with Crippen molar-refractivity contribution in [1.82, 2.24) is 5.32 Å². The molecule has 0 radical (unpaired) electrons. The number of esters is 1. The van der Waals surface area contributed by atoms with Crippen LogP contribution in [-0.4, -0.2) is 99.6 Å². The van der Waals surface area contributed by atoms with Gasteiger partial charge in [0.25, 0.3) is 0 Å². The van der Waals surface area contributed by atoms with E-state index in [1.54, 1.807) is 6.08 Å². The largest absolute Gasteiger partial charge is 0.454 e. The summed E-state index contributed by atoms with van der Waals surface area (Å²) in [4.78, 5) is 26.7. The maximum atomic E-state index is 13.5. The Morgan fingerprint density at radius 3 is 1.17 bits per heavy atom. The number of ether oxygens (including phenoxy) is 3. The summed E-state index contributed by atoms with van der Waals surface area (Å²) >= 11 is 0. The van der Waals surface area contributed by atoms with Gasteiger partial charge in [0.05, 0.1) is 25.4 Å².